The second-order valence-electron chi connectivity index (χ2n) is 14.4. The monoisotopic (exact) mass is 978 g/mol. The van der Waals surface area contributed by atoms with E-state index in [4.69, 9.17) is 14.5 Å². The van der Waals surface area contributed by atoms with Crippen LogP contribution in [0.4, 0.5) is 21.0 Å². The van der Waals surface area contributed by atoms with Gasteiger partial charge in [-0.3, -0.25) is 19.4 Å². The number of carbonyl (C=O) groups is 2. The normalized spacial score (nSPS) is 11.9. The number of benzene rings is 4. The van der Waals surface area contributed by atoms with Crippen molar-refractivity contribution >= 4 is 79.1 Å². The van der Waals surface area contributed by atoms with E-state index >= 15 is 0 Å². The fraction of sp³-hybridized carbons (Fsp3) is 0.130. The van der Waals surface area contributed by atoms with Crippen LogP contribution in [0.25, 0.3) is 19.8 Å². The summed E-state index contributed by atoms with van der Waals surface area (Å²) in [4.78, 5) is 47.5. The number of anilines is 1. The summed E-state index contributed by atoms with van der Waals surface area (Å²) >= 11 is 6.26. The van der Waals surface area contributed by atoms with E-state index in [0.29, 0.717) is 25.9 Å². The molecule has 0 unspecified atom stereocenters. The van der Waals surface area contributed by atoms with Crippen LogP contribution >= 0.6 is 45.3 Å². The van der Waals surface area contributed by atoms with Crippen LogP contribution in [0.1, 0.15) is 45.7 Å². The Labute approximate surface area is 396 Å². The number of rotatable bonds is 17. The molecule has 4 aromatic carbocycles. The summed E-state index contributed by atoms with van der Waals surface area (Å²) in [6.07, 6.45) is 0.906. The Kier molecular flexibility index (Phi) is 16.4. The van der Waals surface area contributed by atoms with Gasteiger partial charge in [0.05, 0.1) is 43.8 Å². The zero-order chi connectivity index (χ0) is 46.3. The van der Waals surface area contributed by atoms with Crippen LogP contribution < -0.4 is 26.0 Å². The number of thiazole rings is 2. The van der Waals surface area contributed by atoms with Gasteiger partial charge in [0, 0.05) is 36.0 Å². The molecule has 8 rings (SSSR count). The molecule has 0 aliphatic carbocycles. The average Bonchev–Trinajstić information content (AvgIpc) is 4.17. The number of nitrogens with zero attached hydrogens (tertiary/aromatic N) is 3. The van der Waals surface area contributed by atoms with Crippen molar-refractivity contribution in [2.24, 2.45) is 0 Å². The number of hydrogen-bond donors (Lipinski definition) is 6. The van der Waals surface area contributed by atoms with Crippen LogP contribution in [0.2, 0.25) is 0 Å². The van der Waals surface area contributed by atoms with Gasteiger partial charge in [0.1, 0.15) is 10.0 Å². The first-order chi connectivity index (χ1) is 31.9. The van der Waals surface area contributed by atoms with Crippen molar-refractivity contribution in [3.8, 4) is 19.8 Å². The van der Waals surface area contributed by atoms with Crippen LogP contribution in [-0.2, 0) is 36.2 Å². The zero-order valence-electron chi connectivity index (χ0n) is 34.8. The molecule has 8 aromatic rings. The number of nitro groups is 1. The molecule has 6 N–H and O–H groups in total. The molecular formula is C46H42N8O7S5. The Bertz CT molecular complexity index is 2900. The van der Waals surface area contributed by atoms with Gasteiger partial charge in [-0.25, -0.2) is 19.6 Å². The molecule has 0 fully saturated rings. The van der Waals surface area contributed by atoms with E-state index in [1.54, 1.807) is 59.1 Å². The number of carbonyl (C=O) groups excluding carboxylic acids is 2. The summed E-state index contributed by atoms with van der Waals surface area (Å²) in [7, 11) is -4.34. The average molecular weight is 979 g/mol. The van der Waals surface area contributed by atoms with E-state index in [2.05, 4.69) is 21.3 Å². The maximum absolute atomic E-state index is 12.7. The second-order valence-corrected chi connectivity index (χ2v) is 19.2. The molecule has 20 heteroatoms. The van der Waals surface area contributed by atoms with Gasteiger partial charge in [-0.1, -0.05) is 97.1 Å². The summed E-state index contributed by atoms with van der Waals surface area (Å²) in [6.45, 7) is 0.807. The highest BCUT2D eigenvalue weighted by atomic mass is 32.2. The Morgan fingerprint density at radius 3 is 1.42 bits per heavy atom. The second kappa shape index (κ2) is 22.9. The summed E-state index contributed by atoms with van der Waals surface area (Å²) in [5.41, 5.74) is 5.50. The minimum Gasteiger partial charge on any atom is -0.334 e. The number of nitro benzene ring substituents is 1. The highest BCUT2D eigenvalue weighted by Gasteiger charge is 2.22. The quantitative estimate of drug-likeness (QED) is 0.0290. The molecule has 4 aromatic heterocycles. The van der Waals surface area contributed by atoms with Gasteiger partial charge in [0.15, 0.2) is 0 Å². The van der Waals surface area contributed by atoms with Crippen molar-refractivity contribution in [3.05, 3.63) is 199 Å². The fourth-order valence-electron chi connectivity index (χ4n) is 6.44. The molecule has 2 atom stereocenters. The summed E-state index contributed by atoms with van der Waals surface area (Å²) in [5, 5.41) is 32.4. The number of aromatic nitrogens is 2. The van der Waals surface area contributed by atoms with Crippen LogP contribution in [-0.4, -0.2) is 39.9 Å². The Morgan fingerprint density at radius 2 is 1.03 bits per heavy atom. The van der Waals surface area contributed by atoms with Gasteiger partial charge in [0.25, 0.3) is 5.69 Å². The Hall–Kier alpha value is -6.81. The van der Waals surface area contributed by atoms with Gasteiger partial charge in [0.2, 0.25) is 0 Å². The van der Waals surface area contributed by atoms with E-state index < -0.39 is 21.3 Å². The van der Waals surface area contributed by atoms with E-state index in [1.807, 2.05) is 111 Å². The third-order valence-corrected chi connectivity index (χ3v) is 13.9. The van der Waals surface area contributed by atoms with Gasteiger partial charge >= 0.3 is 22.4 Å². The van der Waals surface area contributed by atoms with Crippen molar-refractivity contribution in [1.29, 1.82) is 0 Å². The largest absolute Gasteiger partial charge is 0.357 e. The van der Waals surface area contributed by atoms with Crippen LogP contribution in [0.3, 0.4) is 0 Å². The third-order valence-electron chi connectivity index (χ3n) is 9.65. The zero-order valence-corrected chi connectivity index (χ0v) is 38.9. The number of urea groups is 2. The number of amides is 4. The molecule has 15 nitrogen and oxygen atoms in total. The van der Waals surface area contributed by atoms with Crippen molar-refractivity contribution in [3.63, 3.8) is 0 Å². The lowest BCUT2D eigenvalue weighted by Gasteiger charge is -2.18. The molecule has 338 valence electrons. The van der Waals surface area contributed by atoms with E-state index in [9.17, 15) is 28.1 Å². The summed E-state index contributed by atoms with van der Waals surface area (Å²) < 4.78 is 33.0. The van der Waals surface area contributed by atoms with Crippen molar-refractivity contribution in [1.82, 2.24) is 31.2 Å². The van der Waals surface area contributed by atoms with Crippen LogP contribution in [0.15, 0.2) is 155 Å². The molecule has 0 aliphatic rings. The van der Waals surface area contributed by atoms with Gasteiger partial charge < -0.3 is 21.3 Å². The molecule has 4 heterocycles. The molecule has 0 saturated carbocycles. The predicted octanol–water partition coefficient (Wildman–Crippen LogP) is 10.4. The topological polar surface area (TPSA) is 218 Å². The first-order valence-electron chi connectivity index (χ1n) is 20.2. The van der Waals surface area contributed by atoms with E-state index in [0.717, 1.165) is 53.4 Å². The highest BCUT2D eigenvalue weighted by Crippen LogP contribution is 2.32. The SMILES string of the molecule is O=C(NCc1ccccc1)N[C@@H](Cc1ccc(NS(=O)(=O)O)cc1)c1csc(-c2cccs2)n1.O=C(NCc1ccccc1)N[C@@H](Cc1ccc([N+](=O)[O-])cc1)c1csc(-c2cccs2)n1. The standard InChI is InChI=1S/C23H22N4O4S3.C23H20N4O3S2/c28-23(24-14-17-5-2-1-3-6-17)26-19(20-15-33-22(25-20)21-7-4-12-32-21)13-16-8-10-18(11-9-16)27-34(29,30)31;28-23(24-14-17-5-2-1-3-6-17)26-19(13-16-8-10-18(11-9-16)27(29)30)20-15-32-22(25-20)21-7-4-12-31-21/h1-12,15,19,27H,13-14H2,(H2,24,26,28)(H,29,30,31);1-12,15,19H,13-14H2,(H2,24,26,28)/t2*19-/m00/s1. The first kappa shape index (κ1) is 47.2. The lowest BCUT2D eigenvalue weighted by molar-refractivity contribution is -0.384. The van der Waals surface area contributed by atoms with Gasteiger partial charge in [-0.05, 0) is 70.1 Å². The van der Waals surface area contributed by atoms with Crippen LogP contribution in [0.5, 0.6) is 0 Å². The maximum atomic E-state index is 12.7. The van der Waals surface area contributed by atoms with Crippen molar-refractivity contribution < 1.29 is 27.5 Å². The molecule has 66 heavy (non-hydrogen) atoms. The molecule has 0 saturated heterocycles. The molecule has 0 spiro atoms. The smallest absolute Gasteiger partial charge is 0.334 e. The first-order valence-corrected chi connectivity index (χ1v) is 25.1. The minimum absolute atomic E-state index is 0.0347. The Balaban J connectivity index is 0.000000197. The number of thiophene rings is 2. The molecule has 0 radical (unpaired) electrons. The number of hydrogen-bond acceptors (Lipinski definition) is 12. The summed E-state index contributed by atoms with van der Waals surface area (Å²) in [6, 6.07) is 38.8. The van der Waals surface area contributed by atoms with E-state index in [-0.39, 0.29) is 29.5 Å². The molecular weight excluding hydrogens is 937 g/mol. The fourth-order valence-corrected chi connectivity index (χ4v) is 10.2. The number of nitrogens with one attached hydrogen (secondary N) is 5. The predicted molar refractivity (Wildman–Crippen MR) is 262 cm³/mol. The maximum Gasteiger partial charge on any atom is 0.357 e. The lowest BCUT2D eigenvalue weighted by atomic mass is 10.0. The van der Waals surface area contributed by atoms with Crippen molar-refractivity contribution in [2.45, 2.75) is 38.0 Å². The number of non-ortho nitro benzene ring substituents is 1. The molecule has 0 aliphatic heterocycles. The molecule has 0 bridgehead atoms. The van der Waals surface area contributed by atoms with Gasteiger partial charge in [-0.15, -0.1) is 45.3 Å². The van der Waals surface area contributed by atoms with E-state index in [1.165, 1.54) is 34.8 Å². The molecule has 4 amide bonds. The highest BCUT2D eigenvalue weighted by molar-refractivity contribution is 7.87. The van der Waals surface area contributed by atoms with Gasteiger partial charge in [-0.2, -0.15) is 8.42 Å². The lowest BCUT2D eigenvalue weighted by Crippen LogP contribution is -2.38. The third kappa shape index (κ3) is 14.3. The Morgan fingerprint density at radius 1 is 0.591 bits per heavy atom. The van der Waals surface area contributed by atoms with Crippen LogP contribution in [0, 0.1) is 10.1 Å². The van der Waals surface area contributed by atoms with Crippen molar-refractivity contribution in [2.75, 3.05) is 4.72 Å². The minimum atomic E-state index is -4.34. The summed E-state index contributed by atoms with van der Waals surface area (Å²) in [5.74, 6) is 0.